The van der Waals surface area contributed by atoms with Gasteiger partial charge in [-0.05, 0) is 60.2 Å². The number of amides is 3. The summed E-state index contributed by atoms with van der Waals surface area (Å²) in [5.74, 6) is -1.71. The second-order valence-electron chi connectivity index (χ2n) is 6.55. The van der Waals surface area contributed by atoms with Gasteiger partial charge in [0.05, 0.1) is 16.9 Å². The molecular weight excluding hydrogens is 467 g/mol. The summed E-state index contributed by atoms with van der Waals surface area (Å²) in [7, 11) is 0. The van der Waals surface area contributed by atoms with E-state index in [-0.39, 0.29) is 12.5 Å². The highest BCUT2D eigenvalue weighted by molar-refractivity contribution is 6.39. The molecule has 3 N–H and O–H groups in total. The maximum atomic E-state index is 12.0. The van der Waals surface area contributed by atoms with Crippen LogP contribution in [0.2, 0.25) is 10.0 Å². The van der Waals surface area contributed by atoms with Crippen LogP contribution in [-0.2, 0) is 14.4 Å². The van der Waals surface area contributed by atoms with Gasteiger partial charge in [0.1, 0.15) is 5.75 Å². The molecule has 168 valence electrons. The quantitative estimate of drug-likeness (QED) is 0.266. The minimum atomic E-state index is -0.935. The molecule has 0 saturated carbocycles. The van der Waals surface area contributed by atoms with Crippen LogP contribution in [0.25, 0.3) is 0 Å². The lowest BCUT2D eigenvalue weighted by atomic mass is 10.2. The molecule has 10 heteroatoms. The summed E-state index contributed by atoms with van der Waals surface area (Å²) < 4.78 is 5.44. The van der Waals surface area contributed by atoms with Crippen LogP contribution in [0.5, 0.6) is 5.75 Å². The number of carbonyl (C=O) groups excluding carboxylic acids is 3. The average molecular weight is 485 g/mol. The highest BCUT2D eigenvalue weighted by Crippen LogP contribution is 2.20. The Morgan fingerprint density at radius 1 is 0.879 bits per heavy atom. The molecule has 0 fully saturated rings. The summed E-state index contributed by atoms with van der Waals surface area (Å²) in [6.07, 6.45) is 1.36. The molecule has 0 heterocycles. The molecule has 3 rings (SSSR count). The third-order valence-corrected chi connectivity index (χ3v) is 4.63. The number of hydrogen-bond acceptors (Lipinski definition) is 5. The molecule has 0 aliphatic heterocycles. The molecule has 8 nitrogen and oxygen atoms in total. The van der Waals surface area contributed by atoms with Gasteiger partial charge in [0, 0.05) is 10.7 Å². The molecule has 3 aromatic carbocycles. The third kappa shape index (κ3) is 7.64. The Bertz CT molecular complexity index is 1180. The van der Waals surface area contributed by atoms with Gasteiger partial charge in [-0.25, -0.2) is 5.43 Å². The maximum absolute atomic E-state index is 12.0. The molecule has 0 unspecified atom stereocenters. The number of hydrogen-bond donors (Lipinski definition) is 3. The van der Waals surface area contributed by atoms with Crippen molar-refractivity contribution in [1.29, 1.82) is 0 Å². The number of para-hydroxylation sites is 1. The summed E-state index contributed by atoms with van der Waals surface area (Å²) in [6.45, 7) is -0.198. The van der Waals surface area contributed by atoms with Crippen molar-refractivity contribution in [3.63, 3.8) is 0 Å². The normalized spacial score (nSPS) is 10.5. The third-order valence-electron chi connectivity index (χ3n) is 4.07. The van der Waals surface area contributed by atoms with Crippen molar-refractivity contribution in [2.45, 2.75) is 0 Å². The number of anilines is 2. The van der Waals surface area contributed by atoms with E-state index in [1.807, 2.05) is 0 Å². The predicted molar refractivity (Wildman–Crippen MR) is 128 cm³/mol. The van der Waals surface area contributed by atoms with Crippen LogP contribution in [0, 0.1) is 0 Å². The van der Waals surface area contributed by atoms with Crippen LogP contribution in [0.1, 0.15) is 5.56 Å². The van der Waals surface area contributed by atoms with Crippen molar-refractivity contribution in [3.8, 4) is 5.75 Å². The lowest BCUT2D eigenvalue weighted by Gasteiger charge is -2.08. The molecule has 33 heavy (non-hydrogen) atoms. The van der Waals surface area contributed by atoms with Gasteiger partial charge in [0.2, 0.25) is 0 Å². The highest BCUT2D eigenvalue weighted by Gasteiger charge is 2.13. The fourth-order valence-electron chi connectivity index (χ4n) is 2.52. The minimum absolute atomic E-state index is 0.198. The topological polar surface area (TPSA) is 109 Å². The van der Waals surface area contributed by atoms with Crippen LogP contribution in [0.3, 0.4) is 0 Å². The van der Waals surface area contributed by atoms with Crippen molar-refractivity contribution in [2.24, 2.45) is 5.10 Å². The van der Waals surface area contributed by atoms with Gasteiger partial charge in [0.15, 0.2) is 6.61 Å². The zero-order chi connectivity index (χ0) is 23.6. The first-order chi connectivity index (χ1) is 15.9. The number of carbonyl (C=O) groups is 3. The van der Waals surface area contributed by atoms with Crippen molar-refractivity contribution >= 4 is 58.5 Å². The Labute approximate surface area is 199 Å². The zero-order valence-electron chi connectivity index (χ0n) is 17.0. The Morgan fingerprint density at radius 3 is 2.36 bits per heavy atom. The van der Waals surface area contributed by atoms with E-state index >= 15 is 0 Å². The average Bonchev–Trinajstić information content (AvgIpc) is 2.80. The van der Waals surface area contributed by atoms with Crippen LogP contribution < -0.4 is 20.8 Å². The number of nitrogens with zero attached hydrogens (tertiary/aromatic N) is 1. The Hall–Kier alpha value is -3.88. The standard InChI is InChI=1S/C23H18Cl2N4O4/c24-16-4-3-5-17(12-16)27-22(31)23(32)29-26-13-15-8-10-18(11-9-15)33-14-21(30)28-20-7-2-1-6-19(20)25/h1-13H,14H2,(H,27,31)(H,28,30)(H,29,32)/b26-13-. The lowest BCUT2D eigenvalue weighted by Crippen LogP contribution is -2.32. The Balaban J connectivity index is 1.44. The van der Waals surface area contributed by atoms with E-state index < -0.39 is 11.8 Å². The highest BCUT2D eigenvalue weighted by atomic mass is 35.5. The van der Waals surface area contributed by atoms with Gasteiger partial charge in [-0.15, -0.1) is 0 Å². The van der Waals surface area contributed by atoms with Gasteiger partial charge in [-0.1, -0.05) is 41.4 Å². The SMILES string of the molecule is O=C(COc1ccc(/C=N\NC(=O)C(=O)Nc2cccc(Cl)c2)cc1)Nc1ccccc1Cl. The van der Waals surface area contributed by atoms with Crippen molar-refractivity contribution in [2.75, 3.05) is 17.2 Å². The fourth-order valence-corrected chi connectivity index (χ4v) is 2.89. The Morgan fingerprint density at radius 2 is 1.64 bits per heavy atom. The summed E-state index contributed by atoms with van der Waals surface area (Å²) in [5.41, 5.74) is 3.67. The summed E-state index contributed by atoms with van der Waals surface area (Å²) in [4.78, 5) is 35.7. The molecule has 0 aromatic heterocycles. The van der Waals surface area contributed by atoms with Gasteiger partial charge in [-0.3, -0.25) is 14.4 Å². The first-order valence-electron chi connectivity index (χ1n) is 9.58. The Kier molecular flexibility index (Phi) is 8.40. The fraction of sp³-hybridized carbons (Fsp3) is 0.0435. The van der Waals surface area contributed by atoms with E-state index in [4.69, 9.17) is 27.9 Å². The van der Waals surface area contributed by atoms with Crippen LogP contribution in [-0.4, -0.2) is 30.5 Å². The summed E-state index contributed by atoms with van der Waals surface area (Å²) in [6, 6.07) is 19.9. The predicted octanol–water partition coefficient (Wildman–Crippen LogP) is 4.10. The van der Waals surface area contributed by atoms with Crippen LogP contribution in [0.4, 0.5) is 11.4 Å². The van der Waals surface area contributed by atoms with E-state index in [2.05, 4.69) is 21.2 Å². The van der Waals surface area contributed by atoms with Crippen molar-refractivity contribution in [1.82, 2.24) is 5.43 Å². The second-order valence-corrected chi connectivity index (χ2v) is 7.39. The van der Waals surface area contributed by atoms with Crippen molar-refractivity contribution < 1.29 is 19.1 Å². The van der Waals surface area contributed by atoms with E-state index in [1.54, 1.807) is 66.7 Å². The minimum Gasteiger partial charge on any atom is -0.484 e. The molecule has 0 atom stereocenters. The van der Waals surface area contributed by atoms with Crippen LogP contribution >= 0.6 is 23.2 Å². The number of nitrogens with one attached hydrogen (secondary N) is 3. The number of rotatable bonds is 7. The van der Waals surface area contributed by atoms with E-state index in [9.17, 15) is 14.4 Å². The maximum Gasteiger partial charge on any atom is 0.329 e. The number of hydrazone groups is 1. The van der Waals surface area contributed by atoms with E-state index in [0.29, 0.717) is 32.7 Å². The first-order valence-corrected chi connectivity index (χ1v) is 10.3. The molecule has 0 spiro atoms. The molecular formula is C23H18Cl2N4O4. The number of halogens is 2. The largest absolute Gasteiger partial charge is 0.484 e. The molecule has 0 bridgehead atoms. The van der Waals surface area contributed by atoms with Crippen molar-refractivity contribution in [3.05, 3.63) is 88.4 Å². The molecule has 0 aliphatic carbocycles. The van der Waals surface area contributed by atoms with Gasteiger partial charge < -0.3 is 15.4 Å². The molecule has 3 aromatic rings. The van der Waals surface area contributed by atoms with E-state index in [0.717, 1.165) is 0 Å². The van der Waals surface area contributed by atoms with Crippen LogP contribution in [0.15, 0.2) is 77.9 Å². The lowest BCUT2D eigenvalue weighted by molar-refractivity contribution is -0.136. The molecule has 0 aliphatic rings. The monoisotopic (exact) mass is 484 g/mol. The van der Waals surface area contributed by atoms with Gasteiger partial charge >= 0.3 is 11.8 Å². The molecule has 3 amide bonds. The smallest absolute Gasteiger partial charge is 0.329 e. The second kappa shape index (κ2) is 11.7. The number of ether oxygens (including phenoxy) is 1. The summed E-state index contributed by atoms with van der Waals surface area (Å²) in [5, 5.41) is 9.69. The van der Waals surface area contributed by atoms with E-state index in [1.165, 1.54) is 12.3 Å². The summed E-state index contributed by atoms with van der Waals surface area (Å²) >= 11 is 11.8. The zero-order valence-corrected chi connectivity index (χ0v) is 18.6. The number of benzene rings is 3. The first kappa shape index (κ1) is 23.8. The van der Waals surface area contributed by atoms with Gasteiger partial charge in [-0.2, -0.15) is 5.10 Å². The molecule has 0 radical (unpaired) electrons. The van der Waals surface area contributed by atoms with Gasteiger partial charge in [0.25, 0.3) is 5.91 Å². The molecule has 0 saturated heterocycles.